The Morgan fingerprint density at radius 2 is 1.92 bits per heavy atom. The van der Waals surface area contributed by atoms with Crippen molar-refractivity contribution in [3.05, 3.63) is 0 Å². The van der Waals surface area contributed by atoms with Crippen LogP contribution in [0.1, 0.15) is 39.0 Å². The zero-order valence-corrected chi connectivity index (χ0v) is 8.16. The first-order chi connectivity index (χ1) is 6.01. The Labute approximate surface area is 79.0 Å². The van der Waals surface area contributed by atoms with Gasteiger partial charge in [0.05, 0.1) is 11.2 Å². The van der Waals surface area contributed by atoms with E-state index in [1.165, 1.54) is 6.42 Å². The highest BCUT2D eigenvalue weighted by molar-refractivity contribution is 5.11. The SMILES string of the molecule is CC1C2CC3CC(O)(C2)CC1(O)C3. The van der Waals surface area contributed by atoms with E-state index in [2.05, 4.69) is 6.92 Å². The zero-order chi connectivity index (χ0) is 9.27. The van der Waals surface area contributed by atoms with Crippen molar-refractivity contribution in [3.8, 4) is 0 Å². The van der Waals surface area contributed by atoms with E-state index < -0.39 is 11.2 Å². The van der Waals surface area contributed by atoms with Crippen LogP contribution in [0.2, 0.25) is 0 Å². The van der Waals surface area contributed by atoms with Crippen molar-refractivity contribution in [2.24, 2.45) is 17.8 Å². The van der Waals surface area contributed by atoms with E-state index in [-0.39, 0.29) is 0 Å². The summed E-state index contributed by atoms with van der Waals surface area (Å²) < 4.78 is 0. The molecule has 0 amide bonds. The highest BCUT2D eigenvalue weighted by atomic mass is 16.3. The molecule has 0 aromatic rings. The van der Waals surface area contributed by atoms with Crippen LogP contribution in [0, 0.1) is 17.8 Å². The third kappa shape index (κ3) is 0.962. The summed E-state index contributed by atoms with van der Waals surface area (Å²) in [6.07, 6.45) is 4.69. The van der Waals surface area contributed by atoms with Crippen molar-refractivity contribution in [1.29, 1.82) is 0 Å². The van der Waals surface area contributed by atoms with Crippen LogP contribution in [0.5, 0.6) is 0 Å². The molecule has 5 unspecified atom stereocenters. The van der Waals surface area contributed by atoms with Crippen LogP contribution in [-0.4, -0.2) is 21.4 Å². The second-order valence-corrected chi connectivity index (χ2v) is 5.77. The molecule has 0 aromatic carbocycles. The molecule has 0 aromatic heterocycles. The fraction of sp³-hybridized carbons (Fsp3) is 1.00. The predicted molar refractivity (Wildman–Crippen MR) is 49.1 cm³/mol. The zero-order valence-electron chi connectivity index (χ0n) is 8.16. The fourth-order valence-electron chi connectivity index (χ4n) is 4.31. The molecule has 0 aliphatic heterocycles. The van der Waals surface area contributed by atoms with E-state index in [4.69, 9.17) is 0 Å². The Morgan fingerprint density at radius 3 is 2.54 bits per heavy atom. The Balaban J connectivity index is 2.01. The van der Waals surface area contributed by atoms with Crippen molar-refractivity contribution in [2.75, 3.05) is 0 Å². The number of hydrogen-bond donors (Lipinski definition) is 2. The summed E-state index contributed by atoms with van der Waals surface area (Å²) in [5, 5.41) is 20.6. The van der Waals surface area contributed by atoms with Gasteiger partial charge in [0.25, 0.3) is 0 Å². The van der Waals surface area contributed by atoms with Crippen molar-refractivity contribution >= 4 is 0 Å². The minimum absolute atomic E-state index is 0.407. The molecule has 2 heteroatoms. The maximum absolute atomic E-state index is 10.4. The summed E-state index contributed by atoms with van der Waals surface area (Å²) in [7, 11) is 0. The number of rotatable bonds is 0. The molecule has 74 valence electrons. The van der Waals surface area contributed by atoms with E-state index in [0.717, 1.165) is 19.3 Å². The van der Waals surface area contributed by atoms with Gasteiger partial charge in [0.1, 0.15) is 0 Å². The Hall–Kier alpha value is -0.0800. The maximum Gasteiger partial charge on any atom is 0.0705 e. The van der Waals surface area contributed by atoms with Gasteiger partial charge in [0.15, 0.2) is 0 Å². The summed E-state index contributed by atoms with van der Waals surface area (Å²) in [6.45, 7) is 2.16. The molecular weight excluding hydrogens is 164 g/mol. The van der Waals surface area contributed by atoms with Gasteiger partial charge in [0.2, 0.25) is 0 Å². The second-order valence-electron chi connectivity index (χ2n) is 5.77. The largest absolute Gasteiger partial charge is 0.390 e. The van der Waals surface area contributed by atoms with E-state index in [9.17, 15) is 10.2 Å². The maximum atomic E-state index is 10.4. The van der Waals surface area contributed by atoms with Gasteiger partial charge in [-0.2, -0.15) is 0 Å². The molecule has 4 saturated carbocycles. The first-order valence-electron chi connectivity index (χ1n) is 5.46. The van der Waals surface area contributed by atoms with Crippen molar-refractivity contribution in [3.63, 3.8) is 0 Å². The van der Waals surface area contributed by atoms with Crippen LogP contribution >= 0.6 is 0 Å². The molecule has 4 rings (SSSR count). The quantitative estimate of drug-likeness (QED) is 0.593. The summed E-state index contributed by atoms with van der Waals surface area (Å²) in [6, 6.07) is 0. The van der Waals surface area contributed by atoms with Crippen LogP contribution in [-0.2, 0) is 0 Å². The predicted octanol–water partition coefficient (Wildman–Crippen LogP) is 1.31. The Morgan fingerprint density at radius 1 is 1.15 bits per heavy atom. The van der Waals surface area contributed by atoms with Crippen LogP contribution in [0.25, 0.3) is 0 Å². The van der Waals surface area contributed by atoms with Crippen LogP contribution in [0.4, 0.5) is 0 Å². The van der Waals surface area contributed by atoms with Gasteiger partial charge in [0, 0.05) is 6.42 Å². The normalized spacial score (nSPS) is 64.4. The summed E-state index contributed by atoms with van der Waals surface area (Å²) in [5.74, 6) is 1.58. The fourth-order valence-corrected chi connectivity index (χ4v) is 4.31. The van der Waals surface area contributed by atoms with Gasteiger partial charge in [-0.3, -0.25) is 0 Å². The smallest absolute Gasteiger partial charge is 0.0705 e. The molecule has 4 bridgehead atoms. The summed E-state index contributed by atoms with van der Waals surface area (Å²) >= 11 is 0. The highest BCUT2D eigenvalue weighted by Gasteiger charge is 2.60. The minimum Gasteiger partial charge on any atom is -0.390 e. The number of aliphatic hydroxyl groups is 2. The topological polar surface area (TPSA) is 40.5 Å². The molecule has 2 nitrogen and oxygen atoms in total. The molecule has 5 atom stereocenters. The van der Waals surface area contributed by atoms with E-state index in [1.807, 2.05) is 0 Å². The lowest BCUT2D eigenvalue weighted by Crippen LogP contribution is -2.63. The lowest BCUT2D eigenvalue weighted by Gasteiger charge is -2.61. The Kier molecular flexibility index (Phi) is 1.34. The molecule has 13 heavy (non-hydrogen) atoms. The molecule has 0 radical (unpaired) electrons. The van der Waals surface area contributed by atoms with Crippen molar-refractivity contribution < 1.29 is 10.2 Å². The molecule has 0 spiro atoms. The van der Waals surface area contributed by atoms with Crippen molar-refractivity contribution in [2.45, 2.75) is 50.2 Å². The van der Waals surface area contributed by atoms with Crippen molar-refractivity contribution in [1.82, 2.24) is 0 Å². The Bertz CT molecular complexity index is 252. The number of hydrogen-bond acceptors (Lipinski definition) is 2. The summed E-state index contributed by atoms with van der Waals surface area (Å²) in [4.78, 5) is 0. The van der Waals surface area contributed by atoms with Crippen LogP contribution < -0.4 is 0 Å². The first kappa shape index (κ1) is 8.25. The molecule has 0 heterocycles. The average molecular weight is 182 g/mol. The van der Waals surface area contributed by atoms with Gasteiger partial charge >= 0.3 is 0 Å². The first-order valence-corrected chi connectivity index (χ1v) is 5.46. The van der Waals surface area contributed by atoms with E-state index >= 15 is 0 Å². The van der Waals surface area contributed by atoms with Crippen LogP contribution in [0.15, 0.2) is 0 Å². The summed E-state index contributed by atoms with van der Waals surface area (Å²) in [5.41, 5.74) is -1.04. The highest BCUT2D eigenvalue weighted by Crippen LogP contribution is 2.59. The lowest BCUT2D eigenvalue weighted by atomic mass is 9.48. The minimum atomic E-state index is -0.529. The second kappa shape index (κ2) is 2.12. The molecule has 4 fully saturated rings. The van der Waals surface area contributed by atoms with Gasteiger partial charge < -0.3 is 10.2 Å². The third-order valence-electron chi connectivity index (χ3n) is 4.78. The van der Waals surface area contributed by atoms with E-state index in [0.29, 0.717) is 24.2 Å². The van der Waals surface area contributed by atoms with Crippen LogP contribution in [0.3, 0.4) is 0 Å². The molecule has 4 aliphatic carbocycles. The standard InChI is InChI=1S/C11H18O2/c1-7-9-2-8-3-10(12,5-9)6-11(7,13)4-8/h7-9,12-13H,2-6H2,1H3. The molecular formula is C11H18O2. The lowest BCUT2D eigenvalue weighted by molar-refractivity contribution is -0.227. The average Bonchev–Trinajstić information content (AvgIpc) is 1.96. The van der Waals surface area contributed by atoms with Gasteiger partial charge in [-0.1, -0.05) is 6.92 Å². The van der Waals surface area contributed by atoms with Gasteiger partial charge in [-0.05, 0) is 43.4 Å². The molecule has 2 N–H and O–H groups in total. The third-order valence-corrected chi connectivity index (χ3v) is 4.78. The monoisotopic (exact) mass is 182 g/mol. The van der Waals surface area contributed by atoms with E-state index in [1.54, 1.807) is 0 Å². The molecule has 4 aliphatic rings. The van der Waals surface area contributed by atoms with Gasteiger partial charge in [-0.25, -0.2) is 0 Å². The van der Waals surface area contributed by atoms with Gasteiger partial charge in [-0.15, -0.1) is 0 Å². The molecule has 0 saturated heterocycles.